The van der Waals surface area contributed by atoms with E-state index in [9.17, 15) is 27.2 Å². The van der Waals surface area contributed by atoms with Gasteiger partial charge in [-0.1, -0.05) is 38.1 Å². The van der Waals surface area contributed by atoms with Crippen LogP contribution in [0.25, 0.3) is 0 Å². The zero-order chi connectivity index (χ0) is 26.0. The average Bonchev–Trinajstić information content (AvgIpc) is 2.96. The monoisotopic (exact) mass is 493 g/mol. The molecule has 0 bridgehead atoms. The fourth-order valence-corrected chi connectivity index (χ4v) is 3.93. The number of nitrogens with one attached hydrogen (secondary N) is 2. The zero-order valence-electron chi connectivity index (χ0n) is 19.5. The molecule has 7 nitrogen and oxygen atoms in total. The molecule has 1 aliphatic rings. The van der Waals surface area contributed by atoms with E-state index in [2.05, 4.69) is 15.6 Å². The summed E-state index contributed by atoms with van der Waals surface area (Å²) in [4.78, 5) is 30.7. The molecule has 2 aromatic rings. The molecule has 35 heavy (non-hydrogen) atoms. The van der Waals surface area contributed by atoms with Crippen molar-refractivity contribution in [3.63, 3.8) is 0 Å². The number of hydrogen-bond donors (Lipinski definition) is 3. The fraction of sp³-hybridized carbons (Fsp3) is 0.375. The lowest BCUT2D eigenvalue weighted by Crippen LogP contribution is -2.43. The van der Waals surface area contributed by atoms with Crippen LogP contribution in [0.5, 0.6) is 0 Å². The highest BCUT2D eigenvalue weighted by Gasteiger charge is 2.44. The average molecular weight is 494 g/mol. The first-order valence-electron chi connectivity index (χ1n) is 11.0. The Hall–Kier alpha value is -3.63. The summed E-state index contributed by atoms with van der Waals surface area (Å²) in [7, 11) is 0. The predicted molar refractivity (Wildman–Crippen MR) is 124 cm³/mol. The maximum Gasteiger partial charge on any atom is 0.416 e. The van der Waals surface area contributed by atoms with Gasteiger partial charge in [-0.3, -0.25) is 9.69 Å². The quantitative estimate of drug-likeness (QED) is 0.491. The Kier molecular flexibility index (Phi) is 7.37. The number of nitrogens with zero attached hydrogens (tertiary/aromatic N) is 2. The molecule has 0 aromatic heterocycles. The van der Waals surface area contributed by atoms with E-state index in [-0.39, 0.29) is 30.9 Å². The van der Waals surface area contributed by atoms with Crippen LogP contribution in [-0.4, -0.2) is 28.3 Å². The largest absolute Gasteiger partial charge is 0.416 e. The van der Waals surface area contributed by atoms with Gasteiger partial charge in [-0.15, -0.1) is 0 Å². The highest BCUT2D eigenvalue weighted by Crippen LogP contribution is 2.32. The summed E-state index contributed by atoms with van der Waals surface area (Å²) in [6, 6.07) is 7.89. The Morgan fingerprint density at radius 2 is 1.77 bits per heavy atom. The van der Waals surface area contributed by atoms with Crippen LogP contribution in [0.3, 0.4) is 0 Å². The minimum atomic E-state index is -4.66. The summed E-state index contributed by atoms with van der Waals surface area (Å²) in [6.45, 7) is 6.08. The minimum Gasteiger partial charge on any atom is -0.369 e. The molecule has 2 aromatic carbocycles. The van der Waals surface area contributed by atoms with Crippen LogP contribution in [0.4, 0.5) is 28.0 Å². The van der Waals surface area contributed by atoms with Crippen LogP contribution in [-0.2, 0) is 24.1 Å². The SMILES string of the molecule is CC(C)CC1(C)N=C(N)N(Cc2ccc(CNC(=O)Nc3cc(C(F)(F)F)ccc3F)cc2)C1=O. The fourth-order valence-electron chi connectivity index (χ4n) is 3.93. The standard InChI is InChI=1S/C24H27F4N5O2/c1-14(2)11-23(3)20(34)33(21(29)32-23)13-16-6-4-15(5-7-16)12-30-22(35)31-19-10-17(24(26,27)28)8-9-18(19)25/h4-10,14H,11-13H2,1-3H3,(H2,29,32)(H2,30,31,35). The van der Waals surface area contributed by atoms with Gasteiger partial charge in [-0.2, -0.15) is 13.2 Å². The summed E-state index contributed by atoms with van der Waals surface area (Å²) in [5, 5.41) is 4.55. The molecule has 1 heterocycles. The van der Waals surface area contributed by atoms with Gasteiger partial charge >= 0.3 is 12.2 Å². The highest BCUT2D eigenvalue weighted by atomic mass is 19.4. The topological polar surface area (TPSA) is 99.8 Å². The van der Waals surface area contributed by atoms with Crippen molar-refractivity contribution in [2.45, 2.75) is 52.0 Å². The first kappa shape index (κ1) is 26.0. The van der Waals surface area contributed by atoms with Crippen LogP contribution < -0.4 is 16.4 Å². The summed E-state index contributed by atoms with van der Waals surface area (Å²) >= 11 is 0. The van der Waals surface area contributed by atoms with Gasteiger partial charge in [0.2, 0.25) is 0 Å². The lowest BCUT2D eigenvalue weighted by Gasteiger charge is -2.23. The number of aliphatic imine (C=N–C) groups is 1. The van der Waals surface area contributed by atoms with E-state index >= 15 is 0 Å². The minimum absolute atomic E-state index is 0.0470. The normalized spacial score (nSPS) is 18.1. The van der Waals surface area contributed by atoms with Gasteiger partial charge in [0.25, 0.3) is 5.91 Å². The number of urea groups is 1. The Morgan fingerprint density at radius 1 is 1.14 bits per heavy atom. The van der Waals surface area contributed by atoms with Gasteiger partial charge in [0.05, 0.1) is 17.8 Å². The van der Waals surface area contributed by atoms with E-state index in [0.717, 1.165) is 5.56 Å². The molecule has 11 heteroatoms. The maximum atomic E-state index is 13.8. The van der Waals surface area contributed by atoms with Crippen molar-refractivity contribution in [3.8, 4) is 0 Å². The number of rotatable bonds is 7. The Labute approximate surface area is 200 Å². The second-order valence-corrected chi connectivity index (χ2v) is 9.05. The summed E-state index contributed by atoms with van der Waals surface area (Å²) in [5.41, 5.74) is 4.95. The number of nitrogens with two attached hydrogens (primary N) is 1. The number of guanidine groups is 1. The molecule has 1 atom stereocenters. The third-order valence-corrected chi connectivity index (χ3v) is 5.51. The highest BCUT2D eigenvalue weighted by molar-refractivity contribution is 6.06. The number of carbonyl (C=O) groups excluding carboxylic acids is 2. The van der Waals surface area contributed by atoms with Crippen LogP contribution in [0.2, 0.25) is 0 Å². The predicted octanol–water partition coefficient (Wildman–Crippen LogP) is 4.63. The molecule has 0 radical (unpaired) electrons. The van der Waals surface area contributed by atoms with Gasteiger partial charge < -0.3 is 16.4 Å². The van der Waals surface area contributed by atoms with Crippen LogP contribution >= 0.6 is 0 Å². The van der Waals surface area contributed by atoms with Crippen molar-refractivity contribution >= 4 is 23.6 Å². The Balaban J connectivity index is 1.57. The number of benzene rings is 2. The van der Waals surface area contributed by atoms with Gasteiger partial charge in [0.1, 0.15) is 11.4 Å². The van der Waals surface area contributed by atoms with E-state index in [1.54, 1.807) is 31.2 Å². The molecule has 0 fully saturated rings. The number of carbonyl (C=O) groups is 2. The molecule has 3 rings (SSSR count). The number of anilines is 1. The molecular weight excluding hydrogens is 466 g/mol. The molecule has 0 spiro atoms. The zero-order valence-corrected chi connectivity index (χ0v) is 19.5. The molecule has 4 N–H and O–H groups in total. The maximum absolute atomic E-state index is 13.8. The third-order valence-electron chi connectivity index (χ3n) is 5.51. The molecule has 0 aliphatic carbocycles. The summed E-state index contributed by atoms with van der Waals surface area (Å²) in [6.07, 6.45) is -4.08. The van der Waals surface area contributed by atoms with E-state index in [0.29, 0.717) is 30.2 Å². The molecule has 1 unspecified atom stereocenters. The van der Waals surface area contributed by atoms with Crippen LogP contribution in [0.1, 0.15) is 43.9 Å². The van der Waals surface area contributed by atoms with Crippen LogP contribution in [0, 0.1) is 11.7 Å². The number of hydrogen-bond acceptors (Lipinski definition) is 4. The van der Waals surface area contributed by atoms with Gasteiger partial charge in [0.15, 0.2) is 5.96 Å². The molecule has 0 saturated carbocycles. The molecule has 0 saturated heterocycles. The Bertz CT molecular complexity index is 1130. The van der Waals surface area contributed by atoms with Gasteiger partial charge in [0, 0.05) is 6.54 Å². The van der Waals surface area contributed by atoms with E-state index in [1.165, 1.54) is 4.90 Å². The smallest absolute Gasteiger partial charge is 0.369 e. The second kappa shape index (κ2) is 9.93. The van der Waals surface area contributed by atoms with Gasteiger partial charge in [-0.25, -0.2) is 14.2 Å². The second-order valence-electron chi connectivity index (χ2n) is 9.05. The lowest BCUT2D eigenvalue weighted by molar-refractivity contribution is -0.137. The summed E-state index contributed by atoms with van der Waals surface area (Å²) in [5.74, 6) is -0.703. The number of alkyl halides is 3. The first-order chi connectivity index (χ1) is 16.3. The van der Waals surface area contributed by atoms with Crippen molar-refractivity contribution in [2.75, 3.05) is 5.32 Å². The van der Waals surface area contributed by atoms with E-state index in [4.69, 9.17) is 5.73 Å². The molecule has 1 aliphatic heterocycles. The van der Waals surface area contributed by atoms with E-state index in [1.807, 2.05) is 13.8 Å². The third kappa shape index (κ3) is 6.28. The molecule has 3 amide bonds. The Morgan fingerprint density at radius 3 is 2.37 bits per heavy atom. The summed E-state index contributed by atoms with van der Waals surface area (Å²) < 4.78 is 52.2. The van der Waals surface area contributed by atoms with Crippen LogP contribution in [0.15, 0.2) is 47.5 Å². The van der Waals surface area contributed by atoms with Crippen molar-refractivity contribution in [2.24, 2.45) is 16.6 Å². The van der Waals surface area contributed by atoms with Crippen molar-refractivity contribution in [1.82, 2.24) is 10.2 Å². The first-order valence-corrected chi connectivity index (χ1v) is 11.0. The molecule has 188 valence electrons. The molecular formula is C24H27F4N5O2. The van der Waals surface area contributed by atoms with Crippen molar-refractivity contribution < 1.29 is 27.2 Å². The lowest BCUT2D eigenvalue weighted by atomic mass is 9.91. The number of amides is 3. The van der Waals surface area contributed by atoms with Crippen molar-refractivity contribution in [3.05, 3.63) is 65.0 Å². The number of halogens is 4. The van der Waals surface area contributed by atoms with Crippen molar-refractivity contribution in [1.29, 1.82) is 0 Å². The van der Waals surface area contributed by atoms with E-state index < -0.39 is 34.8 Å². The van der Waals surface area contributed by atoms with Gasteiger partial charge in [-0.05, 0) is 48.6 Å².